The van der Waals surface area contributed by atoms with Crippen LogP contribution in [0.4, 0.5) is 5.69 Å². The molecule has 5 nitrogen and oxygen atoms in total. The summed E-state index contributed by atoms with van der Waals surface area (Å²) in [5.41, 5.74) is 8.61. The number of aromatic nitrogens is 2. The van der Waals surface area contributed by atoms with Gasteiger partial charge in [0.1, 0.15) is 5.82 Å². The first-order chi connectivity index (χ1) is 11.2. The fourth-order valence-corrected chi connectivity index (χ4v) is 3.88. The summed E-state index contributed by atoms with van der Waals surface area (Å²) in [6.45, 7) is 0.600. The fraction of sp³-hybridized carbons (Fsp3) is 0.556. The molecule has 4 rings (SSSR count). The van der Waals surface area contributed by atoms with E-state index in [0.29, 0.717) is 18.4 Å². The zero-order chi connectivity index (χ0) is 15.8. The minimum absolute atomic E-state index is 0.0583. The molecule has 2 aromatic rings. The van der Waals surface area contributed by atoms with Crippen LogP contribution in [0.1, 0.15) is 50.3 Å². The van der Waals surface area contributed by atoms with Crippen molar-refractivity contribution in [2.75, 3.05) is 11.9 Å². The average Bonchev–Trinajstić information content (AvgIpc) is 3.10. The van der Waals surface area contributed by atoms with E-state index in [4.69, 9.17) is 5.73 Å². The van der Waals surface area contributed by atoms with Crippen molar-refractivity contribution in [2.45, 2.75) is 44.4 Å². The van der Waals surface area contributed by atoms with Gasteiger partial charge >= 0.3 is 0 Å². The average molecular weight is 312 g/mol. The molecule has 1 aromatic heterocycles. The summed E-state index contributed by atoms with van der Waals surface area (Å²) in [7, 11) is 0. The quantitative estimate of drug-likeness (QED) is 0.811. The van der Waals surface area contributed by atoms with E-state index in [1.54, 1.807) is 0 Å². The van der Waals surface area contributed by atoms with E-state index in [2.05, 4.69) is 15.3 Å². The summed E-state index contributed by atoms with van der Waals surface area (Å²) in [5.74, 6) is 2.17. The molecular formula is C18H24N4O. The predicted octanol–water partition coefficient (Wildman–Crippen LogP) is 3.14. The van der Waals surface area contributed by atoms with Gasteiger partial charge in [0.2, 0.25) is 5.91 Å². The summed E-state index contributed by atoms with van der Waals surface area (Å²) in [6, 6.07) is 5.92. The standard InChI is InChI=1S/C18H24N4O/c19-10-12-5-2-6-14(12)18(23)20-13-7-8-15-16(9-13)22-17(21-15)11-3-1-4-11/h7-9,11-12,14H,1-6,10,19H2,(H,20,23)(H,21,22)/t12-,14-/m1/s1. The van der Waals surface area contributed by atoms with Gasteiger partial charge in [0.05, 0.1) is 11.0 Å². The number of nitrogens with one attached hydrogen (secondary N) is 2. The van der Waals surface area contributed by atoms with Crippen LogP contribution in [0.2, 0.25) is 0 Å². The first kappa shape index (κ1) is 14.7. The van der Waals surface area contributed by atoms with Crippen molar-refractivity contribution in [2.24, 2.45) is 17.6 Å². The summed E-state index contributed by atoms with van der Waals surface area (Å²) in [4.78, 5) is 20.6. The number of carbonyl (C=O) groups is 1. The number of amides is 1. The van der Waals surface area contributed by atoms with Gasteiger partial charge in [-0.05, 0) is 56.3 Å². The van der Waals surface area contributed by atoms with Crippen LogP contribution in [0.3, 0.4) is 0 Å². The zero-order valence-electron chi connectivity index (χ0n) is 13.3. The molecule has 0 saturated heterocycles. The van der Waals surface area contributed by atoms with Gasteiger partial charge in [-0.25, -0.2) is 4.98 Å². The molecule has 0 spiro atoms. The molecule has 1 heterocycles. The van der Waals surface area contributed by atoms with Crippen molar-refractivity contribution in [1.82, 2.24) is 9.97 Å². The number of aromatic amines is 1. The highest BCUT2D eigenvalue weighted by Gasteiger charge is 2.32. The van der Waals surface area contributed by atoms with Crippen LogP contribution in [0.15, 0.2) is 18.2 Å². The van der Waals surface area contributed by atoms with E-state index < -0.39 is 0 Å². The molecule has 2 atom stereocenters. The lowest BCUT2D eigenvalue weighted by atomic mass is 9.85. The highest BCUT2D eigenvalue weighted by molar-refractivity contribution is 5.94. The molecule has 2 saturated carbocycles. The molecule has 0 aliphatic heterocycles. The van der Waals surface area contributed by atoms with Gasteiger partial charge in [0.15, 0.2) is 0 Å². The van der Waals surface area contributed by atoms with Crippen LogP contribution in [-0.4, -0.2) is 22.4 Å². The SMILES string of the molecule is NC[C@H]1CCC[C@H]1C(=O)Nc1ccc2nc(C3CCC3)[nH]c2c1. The van der Waals surface area contributed by atoms with E-state index in [9.17, 15) is 4.79 Å². The van der Waals surface area contributed by atoms with E-state index >= 15 is 0 Å². The Hall–Kier alpha value is -1.88. The number of H-pyrrole nitrogens is 1. The number of carbonyl (C=O) groups excluding carboxylic acids is 1. The number of nitrogens with two attached hydrogens (primary N) is 1. The molecule has 0 bridgehead atoms. The van der Waals surface area contributed by atoms with Gasteiger partial charge < -0.3 is 16.0 Å². The minimum atomic E-state index is 0.0583. The third-order valence-corrected chi connectivity index (χ3v) is 5.56. The molecule has 2 fully saturated rings. The first-order valence-corrected chi connectivity index (χ1v) is 8.75. The molecule has 0 radical (unpaired) electrons. The summed E-state index contributed by atoms with van der Waals surface area (Å²) >= 11 is 0. The molecule has 122 valence electrons. The van der Waals surface area contributed by atoms with Gasteiger partial charge in [0.25, 0.3) is 0 Å². The lowest BCUT2D eigenvalue weighted by Gasteiger charge is -2.22. The number of rotatable bonds is 4. The molecule has 5 heteroatoms. The minimum Gasteiger partial charge on any atom is -0.342 e. The largest absolute Gasteiger partial charge is 0.342 e. The smallest absolute Gasteiger partial charge is 0.227 e. The zero-order valence-corrected chi connectivity index (χ0v) is 13.3. The Morgan fingerprint density at radius 1 is 1.26 bits per heavy atom. The van der Waals surface area contributed by atoms with Crippen LogP contribution < -0.4 is 11.1 Å². The van der Waals surface area contributed by atoms with Crippen LogP contribution in [0.25, 0.3) is 11.0 Å². The van der Waals surface area contributed by atoms with E-state index in [-0.39, 0.29) is 11.8 Å². The Kier molecular flexibility index (Phi) is 3.81. The van der Waals surface area contributed by atoms with Gasteiger partial charge in [-0.3, -0.25) is 4.79 Å². The van der Waals surface area contributed by atoms with Gasteiger partial charge in [0, 0.05) is 17.5 Å². The number of benzene rings is 1. The number of fused-ring (bicyclic) bond motifs is 1. The van der Waals surface area contributed by atoms with Crippen LogP contribution in [0, 0.1) is 11.8 Å². The predicted molar refractivity (Wildman–Crippen MR) is 91.2 cm³/mol. The second kappa shape index (κ2) is 5.96. The topological polar surface area (TPSA) is 83.8 Å². The maximum atomic E-state index is 12.5. The van der Waals surface area contributed by atoms with E-state index in [1.807, 2.05) is 18.2 Å². The normalized spacial score (nSPS) is 24.7. The summed E-state index contributed by atoms with van der Waals surface area (Å²) in [6.07, 6.45) is 6.87. The second-order valence-electron chi connectivity index (χ2n) is 7.00. The summed E-state index contributed by atoms with van der Waals surface area (Å²) in [5, 5.41) is 3.06. The fourth-order valence-electron chi connectivity index (χ4n) is 3.88. The number of imidazole rings is 1. The third kappa shape index (κ3) is 2.74. The molecular weight excluding hydrogens is 288 g/mol. The maximum absolute atomic E-state index is 12.5. The molecule has 1 aromatic carbocycles. The maximum Gasteiger partial charge on any atom is 0.227 e. The highest BCUT2D eigenvalue weighted by atomic mass is 16.1. The van der Waals surface area contributed by atoms with Crippen molar-refractivity contribution >= 4 is 22.6 Å². The molecule has 2 aliphatic rings. The van der Waals surface area contributed by atoms with Crippen molar-refractivity contribution in [1.29, 1.82) is 0 Å². The van der Waals surface area contributed by atoms with Crippen molar-refractivity contribution in [3.05, 3.63) is 24.0 Å². The number of hydrogen-bond acceptors (Lipinski definition) is 3. The number of anilines is 1. The van der Waals surface area contributed by atoms with E-state index in [0.717, 1.165) is 41.8 Å². The Morgan fingerprint density at radius 3 is 2.83 bits per heavy atom. The Morgan fingerprint density at radius 2 is 2.09 bits per heavy atom. The van der Waals surface area contributed by atoms with Gasteiger partial charge in [-0.2, -0.15) is 0 Å². The molecule has 4 N–H and O–H groups in total. The van der Waals surface area contributed by atoms with Crippen LogP contribution in [-0.2, 0) is 4.79 Å². The van der Waals surface area contributed by atoms with Crippen LogP contribution >= 0.6 is 0 Å². The highest BCUT2D eigenvalue weighted by Crippen LogP contribution is 2.36. The number of nitrogens with zero attached hydrogens (tertiary/aromatic N) is 1. The Labute approximate surface area is 136 Å². The third-order valence-electron chi connectivity index (χ3n) is 5.56. The lowest BCUT2D eigenvalue weighted by Crippen LogP contribution is -2.29. The lowest BCUT2D eigenvalue weighted by molar-refractivity contribution is -0.120. The Bertz CT molecular complexity index is 719. The van der Waals surface area contributed by atoms with Gasteiger partial charge in [-0.1, -0.05) is 12.8 Å². The van der Waals surface area contributed by atoms with Crippen molar-refractivity contribution < 1.29 is 4.79 Å². The van der Waals surface area contributed by atoms with Gasteiger partial charge in [-0.15, -0.1) is 0 Å². The van der Waals surface area contributed by atoms with E-state index in [1.165, 1.54) is 19.3 Å². The summed E-state index contributed by atoms with van der Waals surface area (Å²) < 4.78 is 0. The van der Waals surface area contributed by atoms with Crippen molar-refractivity contribution in [3.63, 3.8) is 0 Å². The second-order valence-corrected chi connectivity index (χ2v) is 7.00. The Balaban J connectivity index is 1.51. The first-order valence-electron chi connectivity index (χ1n) is 8.75. The van der Waals surface area contributed by atoms with Crippen LogP contribution in [0.5, 0.6) is 0 Å². The molecule has 2 aliphatic carbocycles. The molecule has 0 unspecified atom stereocenters. The molecule has 23 heavy (non-hydrogen) atoms. The van der Waals surface area contributed by atoms with Crippen molar-refractivity contribution in [3.8, 4) is 0 Å². The monoisotopic (exact) mass is 312 g/mol. The number of hydrogen-bond donors (Lipinski definition) is 3. The molecule has 1 amide bonds.